The second-order valence-corrected chi connectivity index (χ2v) is 19.4. The lowest BCUT2D eigenvalue weighted by Crippen LogP contribution is -2.52. The largest absolute Gasteiger partial charge is 0.459 e. The monoisotopic (exact) mass is 876 g/mol. The van der Waals surface area contributed by atoms with E-state index in [-0.39, 0.29) is 55.9 Å². The van der Waals surface area contributed by atoms with E-state index in [4.69, 9.17) is 14.2 Å². The minimum absolute atomic E-state index is 0.0143. The molecule has 1 unspecified atom stereocenters. The van der Waals surface area contributed by atoms with Crippen molar-refractivity contribution in [3.05, 3.63) is 35.4 Å². The van der Waals surface area contributed by atoms with Crippen LogP contribution in [0.4, 0.5) is 0 Å². The first-order valence-corrected chi connectivity index (χ1v) is 22.4. The minimum Gasteiger partial charge on any atom is -0.459 e. The van der Waals surface area contributed by atoms with Crippen LogP contribution in [0.25, 0.3) is 0 Å². The second kappa shape index (κ2) is 26.8. The second-order valence-electron chi connectivity index (χ2n) is 19.4. The fourth-order valence-corrected chi connectivity index (χ4v) is 6.86. The summed E-state index contributed by atoms with van der Waals surface area (Å²) in [4.78, 5) is 73.6. The van der Waals surface area contributed by atoms with Gasteiger partial charge >= 0.3 is 17.9 Å². The Morgan fingerprint density at radius 3 is 1.40 bits per heavy atom. The van der Waals surface area contributed by atoms with E-state index in [0.29, 0.717) is 84.6 Å². The van der Waals surface area contributed by atoms with Crippen LogP contribution in [-0.4, -0.2) is 176 Å². The van der Waals surface area contributed by atoms with Gasteiger partial charge in [0.05, 0.1) is 26.2 Å². The number of hydrogen-bond acceptors (Lipinski definition) is 14. The van der Waals surface area contributed by atoms with E-state index in [0.717, 1.165) is 12.8 Å². The number of unbranched alkanes of at least 4 members (excludes halogenated alkanes) is 1. The number of likely N-dealkylation sites (N-methyl/N-ethyl adjacent to an activating group) is 1. The van der Waals surface area contributed by atoms with Crippen molar-refractivity contribution in [3.63, 3.8) is 0 Å². The number of rotatable bonds is 20. The number of aryl methyl sites for hydroxylation is 2. The third-order valence-corrected chi connectivity index (χ3v) is 9.88. The van der Waals surface area contributed by atoms with Gasteiger partial charge < -0.3 is 30.0 Å². The van der Waals surface area contributed by atoms with Gasteiger partial charge in [0.15, 0.2) is 0 Å². The molecule has 4 N–H and O–H groups in total. The molecule has 2 atom stereocenters. The Hall–Kier alpha value is -3.67. The van der Waals surface area contributed by atoms with Crippen molar-refractivity contribution >= 4 is 29.7 Å². The number of ether oxygens (including phenoxy) is 3. The Bertz CT molecular complexity index is 1480. The van der Waals surface area contributed by atoms with Crippen LogP contribution in [0.1, 0.15) is 106 Å². The Labute approximate surface area is 372 Å². The first-order chi connectivity index (χ1) is 28.9. The summed E-state index contributed by atoms with van der Waals surface area (Å²) in [6, 6.07) is 7.68. The molecule has 1 aromatic rings. The zero-order chi connectivity index (χ0) is 46.5. The Morgan fingerprint density at radius 1 is 0.613 bits per heavy atom. The van der Waals surface area contributed by atoms with Crippen LogP contribution >= 0.6 is 0 Å². The molecule has 0 aromatic heterocycles. The van der Waals surface area contributed by atoms with Crippen LogP contribution < -0.4 is 16.0 Å². The van der Waals surface area contributed by atoms with E-state index in [1.807, 2.05) is 81.9 Å². The average molecular weight is 876 g/mol. The van der Waals surface area contributed by atoms with E-state index < -0.39 is 29.1 Å². The summed E-state index contributed by atoms with van der Waals surface area (Å²) < 4.78 is 16.9. The molecule has 1 fully saturated rings. The van der Waals surface area contributed by atoms with Gasteiger partial charge in [-0.15, -0.1) is 0 Å². The fraction of sp³-hybridized carbons (Fsp3) is 0.761. The first kappa shape index (κ1) is 54.5. The molecule has 1 aliphatic rings. The minimum atomic E-state index is -0.748. The summed E-state index contributed by atoms with van der Waals surface area (Å²) in [6.45, 7) is 22.3. The summed E-state index contributed by atoms with van der Waals surface area (Å²) in [5, 5.41) is 19.2. The maximum atomic E-state index is 13.7. The molecule has 0 bridgehead atoms. The van der Waals surface area contributed by atoms with Gasteiger partial charge in [0.2, 0.25) is 11.8 Å². The lowest BCUT2D eigenvalue weighted by atomic mass is 10.1. The molecular formula is C46H81N7O9. The van der Waals surface area contributed by atoms with Gasteiger partial charge in [0.1, 0.15) is 29.1 Å². The molecule has 1 heterocycles. The molecule has 2 amide bonds. The van der Waals surface area contributed by atoms with Crippen LogP contribution in [-0.2, 0) is 44.6 Å². The van der Waals surface area contributed by atoms with Crippen molar-refractivity contribution < 1.29 is 43.3 Å². The molecule has 2 rings (SSSR count). The number of hydrogen-bond donors (Lipinski definition) is 4. The Kier molecular flexibility index (Phi) is 23.6. The van der Waals surface area contributed by atoms with Gasteiger partial charge in [-0.05, 0) is 120 Å². The zero-order valence-corrected chi connectivity index (χ0v) is 39.9. The predicted octanol–water partition coefficient (Wildman–Crippen LogP) is 2.87. The third kappa shape index (κ3) is 26.1. The van der Waals surface area contributed by atoms with Crippen LogP contribution in [0.3, 0.4) is 0 Å². The number of aliphatic hydroxyl groups is 1. The standard InChI is InChI=1S/C46H81N7O9/c1-35-18-20-36(21-19-35)15-14-17-38(54)48-22-13-12-16-37(43(59)47-11)49-39(55)31-50-23-25-51(32-40(56)60-44(2,3)4)27-29-53(34-42(58)62-46(8,9)10)30-28-52(26-24-50)33-41(57)61-45(5,6)7/h18-21,37-38,48,54H,12-17,22-34H2,1-11H3,(H,47,59)(H,49,55)/t37-,38?/m0/s1. The maximum Gasteiger partial charge on any atom is 0.320 e. The van der Waals surface area contributed by atoms with Crippen molar-refractivity contribution in [1.29, 1.82) is 0 Å². The van der Waals surface area contributed by atoms with Gasteiger partial charge in [-0.3, -0.25) is 48.9 Å². The van der Waals surface area contributed by atoms with Gasteiger partial charge in [-0.1, -0.05) is 29.8 Å². The van der Waals surface area contributed by atoms with E-state index >= 15 is 0 Å². The number of nitrogens with zero attached hydrogens (tertiary/aromatic N) is 4. The number of carbonyl (C=O) groups excluding carboxylic acids is 5. The molecule has 16 nitrogen and oxygen atoms in total. The highest BCUT2D eigenvalue weighted by Gasteiger charge is 2.27. The summed E-state index contributed by atoms with van der Waals surface area (Å²) in [5.74, 6) is -1.75. The van der Waals surface area contributed by atoms with Crippen LogP contribution in [0.2, 0.25) is 0 Å². The van der Waals surface area contributed by atoms with Crippen molar-refractivity contribution in [1.82, 2.24) is 35.6 Å². The molecule has 1 saturated heterocycles. The topological polar surface area (TPSA) is 182 Å². The highest BCUT2D eigenvalue weighted by molar-refractivity contribution is 5.88. The van der Waals surface area contributed by atoms with Crippen LogP contribution in [0, 0.1) is 6.92 Å². The Morgan fingerprint density at radius 2 is 1.02 bits per heavy atom. The van der Waals surface area contributed by atoms with Gasteiger partial charge in [-0.2, -0.15) is 0 Å². The SMILES string of the molecule is CNC(=O)[C@H](CCCCNC(O)CCCc1ccc(C)cc1)NC(=O)CN1CCN(CC(=O)OC(C)(C)C)CCN(CC(=O)OC(C)(C)C)CCN(CC(=O)OC(C)(C)C)CC1. The zero-order valence-electron chi connectivity index (χ0n) is 39.9. The average Bonchev–Trinajstić information content (AvgIpc) is 3.13. The third-order valence-electron chi connectivity index (χ3n) is 9.88. The highest BCUT2D eigenvalue weighted by atomic mass is 16.6. The summed E-state index contributed by atoms with van der Waals surface area (Å²) in [6.07, 6.45) is 3.54. The van der Waals surface area contributed by atoms with Crippen LogP contribution in [0.15, 0.2) is 24.3 Å². The van der Waals surface area contributed by atoms with Crippen molar-refractivity contribution in [2.45, 2.75) is 137 Å². The first-order valence-electron chi connectivity index (χ1n) is 22.4. The molecule has 0 radical (unpaired) electrons. The summed E-state index contributed by atoms with van der Waals surface area (Å²) >= 11 is 0. The molecule has 1 aliphatic heterocycles. The van der Waals surface area contributed by atoms with Crippen molar-refractivity contribution in [3.8, 4) is 0 Å². The summed E-state index contributed by atoms with van der Waals surface area (Å²) in [7, 11) is 1.54. The predicted molar refractivity (Wildman–Crippen MR) is 241 cm³/mol. The van der Waals surface area contributed by atoms with E-state index in [9.17, 15) is 29.1 Å². The Balaban J connectivity index is 2.13. The molecule has 0 aliphatic carbocycles. The lowest BCUT2D eigenvalue weighted by molar-refractivity contribution is -0.158. The molecule has 16 heteroatoms. The number of nitrogens with one attached hydrogen (secondary N) is 3. The quantitative estimate of drug-likeness (QED) is 0.0650. The van der Waals surface area contributed by atoms with Gasteiger partial charge in [0.25, 0.3) is 0 Å². The lowest BCUT2D eigenvalue weighted by Gasteiger charge is -2.34. The van der Waals surface area contributed by atoms with Crippen molar-refractivity contribution in [2.24, 2.45) is 0 Å². The van der Waals surface area contributed by atoms with E-state index in [1.165, 1.54) is 11.1 Å². The maximum absolute atomic E-state index is 13.7. The normalized spacial score (nSPS) is 16.9. The molecule has 62 heavy (non-hydrogen) atoms. The highest BCUT2D eigenvalue weighted by Crippen LogP contribution is 2.13. The summed E-state index contributed by atoms with van der Waals surface area (Å²) in [5.41, 5.74) is 0.471. The van der Waals surface area contributed by atoms with E-state index in [1.54, 1.807) is 7.05 Å². The fourth-order valence-electron chi connectivity index (χ4n) is 6.86. The number of esters is 3. The molecular weight excluding hydrogens is 795 g/mol. The molecule has 1 aromatic carbocycles. The number of benzene rings is 1. The van der Waals surface area contributed by atoms with Crippen LogP contribution in [0.5, 0.6) is 0 Å². The van der Waals surface area contributed by atoms with Gasteiger partial charge in [0, 0.05) is 59.4 Å². The van der Waals surface area contributed by atoms with Gasteiger partial charge in [-0.25, -0.2) is 0 Å². The molecule has 0 saturated carbocycles. The number of carbonyl (C=O) groups is 5. The number of amides is 2. The van der Waals surface area contributed by atoms with Crippen molar-refractivity contribution in [2.75, 3.05) is 92.1 Å². The molecule has 0 spiro atoms. The van der Waals surface area contributed by atoms with E-state index in [2.05, 4.69) is 47.1 Å². The molecule has 354 valence electrons. The smallest absolute Gasteiger partial charge is 0.320 e. The number of aliphatic hydroxyl groups excluding tert-OH is 1.